The molecule has 1 fully saturated rings. The third kappa shape index (κ3) is 4.99. The molecule has 3 rings (SSSR count). The first-order chi connectivity index (χ1) is 12.1. The van der Waals surface area contributed by atoms with Gasteiger partial charge in [-0.2, -0.15) is 0 Å². The summed E-state index contributed by atoms with van der Waals surface area (Å²) < 4.78 is 0.431. The number of hydrogen-bond donors (Lipinski definition) is 1. The standard InChI is InChI=1S/C18H18N2O3S2/c21-17(11-13-5-7-16(8-6-13)20(22)23)19-15-4-1-3-14(12-15)18-24-9-2-10-25-18/h1,3-8,12,18H,2,9-11H2,(H,19,21). The maximum atomic E-state index is 12.2. The van der Waals surface area contributed by atoms with Crippen LogP contribution in [0.15, 0.2) is 48.5 Å². The van der Waals surface area contributed by atoms with E-state index >= 15 is 0 Å². The number of nitrogens with one attached hydrogen (secondary N) is 1. The average molecular weight is 374 g/mol. The van der Waals surface area contributed by atoms with Crippen molar-refractivity contribution in [1.82, 2.24) is 0 Å². The summed E-state index contributed by atoms with van der Waals surface area (Å²) in [7, 11) is 0. The van der Waals surface area contributed by atoms with Crippen molar-refractivity contribution in [2.45, 2.75) is 17.4 Å². The number of rotatable bonds is 5. The lowest BCUT2D eigenvalue weighted by Crippen LogP contribution is -2.14. The van der Waals surface area contributed by atoms with Crippen molar-refractivity contribution in [3.63, 3.8) is 0 Å². The molecule has 1 aliphatic rings. The van der Waals surface area contributed by atoms with E-state index in [1.807, 2.05) is 41.7 Å². The van der Waals surface area contributed by atoms with E-state index < -0.39 is 4.92 Å². The number of benzene rings is 2. The van der Waals surface area contributed by atoms with Crippen molar-refractivity contribution in [2.24, 2.45) is 0 Å². The maximum Gasteiger partial charge on any atom is 0.269 e. The smallest absolute Gasteiger partial charge is 0.269 e. The second-order valence-corrected chi connectivity index (χ2v) is 8.43. The van der Waals surface area contributed by atoms with E-state index in [0.717, 1.165) is 11.3 Å². The Balaban J connectivity index is 1.61. The van der Waals surface area contributed by atoms with Gasteiger partial charge in [0.2, 0.25) is 5.91 Å². The van der Waals surface area contributed by atoms with Crippen molar-refractivity contribution in [3.05, 3.63) is 69.8 Å². The van der Waals surface area contributed by atoms with Gasteiger partial charge in [-0.25, -0.2) is 0 Å². The fourth-order valence-corrected chi connectivity index (χ4v) is 5.44. The van der Waals surface area contributed by atoms with Crippen LogP contribution >= 0.6 is 23.5 Å². The molecule has 0 radical (unpaired) electrons. The number of hydrogen-bond acceptors (Lipinski definition) is 5. The van der Waals surface area contributed by atoms with E-state index in [2.05, 4.69) is 11.4 Å². The van der Waals surface area contributed by atoms with Crippen LogP contribution in [0.25, 0.3) is 0 Å². The Bertz CT molecular complexity index is 759. The fraction of sp³-hybridized carbons (Fsp3) is 0.278. The summed E-state index contributed by atoms with van der Waals surface area (Å²) >= 11 is 3.89. The van der Waals surface area contributed by atoms with Gasteiger partial charge >= 0.3 is 0 Å². The molecule has 0 aromatic heterocycles. The van der Waals surface area contributed by atoms with Gasteiger partial charge in [0.1, 0.15) is 0 Å². The second kappa shape index (κ2) is 8.40. The van der Waals surface area contributed by atoms with E-state index in [0.29, 0.717) is 4.58 Å². The fourth-order valence-electron chi connectivity index (χ4n) is 2.57. The van der Waals surface area contributed by atoms with Gasteiger partial charge in [-0.1, -0.05) is 24.3 Å². The summed E-state index contributed by atoms with van der Waals surface area (Å²) in [5, 5.41) is 13.6. The Morgan fingerprint density at radius 2 is 1.88 bits per heavy atom. The molecular formula is C18H18N2O3S2. The minimum atomic E-state index is -0.448. The van der Waals surface area contributed by atoms with Gasteiger partial charge in [0, 0.05) is 17.8 Å². The number of anilines is 1. The normalized spacial score (nSPS) is 14.9. The van der Waals surface area contributed by atoms with Crippen molar-refractivity contribution < 1.29 is 9.72 Å². The number of nitro benzene ring substituents is 1. The molecule has 0 spiro atoms. The molecule has 0 unspecified atom stereocenters. The zero-order chi connectivity index (χ0) is 17.6. The Morgan fingerprint density at radius 1 is 1.16 bits per heavy atom. The van der Waals surface area contributed by atoms with E-state index in [-0.39, 0.29) is 18.0 Å². The van der Waals surface area contributed by atoms with Crippen LogP contribution in [0.5, 0.6) is 0 Å². The average Bonchev–Trinajstić information content (AvgIpc) is 2.63. The molecule has 1 aliphatic heterocycles. The molecule has 7 heteroatoms. The van der Waals surface area contributed by atoms with Crippen LogP contribution in [-0.4, -0.2) is 22.3 Å². The van der Waals surface area contributed by atoms with E-state index in [9.17, 15) is 14.9 Å². The summed E-state index contributed by atoms with van der Waals surface area (Å²) in [6.45, 7) is 0. The third-order valence-corrected chi connectivity index (χ3v) is 6.80. The second-order valence-electron chi connectivity index (χ2n) is 5.70. The van der Waals surface area contributed by atoms with Crippen LogP contribution in [-0.2, 0) is 11.2 Å². The van der Waals surface area contributed by atoms with E-state index in [1.54, 1.807) is 12.1 Å². The van der Waals surface area contributed by atoms with Gasteiger partial charge in [0.25, 0.3) is 5.69 Å². The highest BCUT2D eigenvalue weighted by Gasteiger charge is 2.17. The van der Waals surface area contributed by atoms with Gasteiger partial charge in [-0.05, 0) is 41.2 Å². The van der Waals surface area contributed by atoms with Gasteiger partial charge < -0.3 is 5.32 Å². The summed E-state index contributed by atoms with van der Waals surface area (Å²) in [5.74, 6) is 2.22. The van der Waals surface area contributed by atoms with Crippen molar-refractivity contribution in [3.8, 4) is 0 Å². The predicted molar refractivity (Wildman–Crippen MR) is 104 cm³/mol. The summed E-state index contributed by atoms with van der Waals surface area (Å²) in [6.07, 6.45) is 1.44. The maximum absolute atomic E-state index is 12.2. The van der Waals surface area contributed by atoms with Gasteiger partial charge in [-0.15, -0.1) is 23.5 Å². The lowest BCUT2D eigenvalue weighted by Gasteiger charge is -2.21. The number of carbonyl (C=O) groups excluding carboxylic acids is 1. The summed E-state index contributed by atoms with van der Waals surface area (Å²) in [5.41, 5.74) is 2.79. The predicted octanol–water partition coefficient (Wildman–Crippen LogP) is 4.64. The molecule has 0 bridgehead atoms. The Morgan fingerprint density at radius 3 is 2.56 bits per heavy atom. The highest BCUT2D eigenvalue weighted by molar-refractivity contribution is 8.16. The Kier molecular flexibility index (Phi) is 5.99. The first kappa shape index (κ1) is 17.8. The first-order valence-corrected chi connectivity index (χ1v) is 10.1. The molecule has 1 N–H and O–H groups in total. The highest BCUT2D eigenvalue weighted by atomic mass is 32.2. The molecule has 0 atom stereocenters. The molecule has 1 amide bonds. The van der Waals surface area contributed by atoms with Crippen LogP contribution < -0.4 is 5.32 Å². The Labute approximate surface area is 154 Å². The molecule has 1 heterocycles. The lowest BCUT2D eigenvalue weighted by atomic mass is 10.1. The third-order valence-electron chi connectivity index (χ3n) is 3.78. The van der Waals surface area contributed by atoms with Crippen LogP contribution in [0, 0.1) is 10.1 Å². The number of non-ortho nitro benzene ring substituents is 1. The van der Waals surface area contributed by atoms with Crippen LogP contribution in [0.4, 0.5) is 11.4 Å². The topological polar surface area (TPSA) is 72.2 Å². The van der Waals surface area contributed by atoms with Gasteiger partial charge in [0.05, 0.1) is 15.9 Å². The van der Waals surface area contributed by atoms with Crippen molar-refractivity contribution >= 4 is 40.8 Å². The molecule has 5 nitrogen and oxygen atoms in total. The number of amides is 1. The minimum absolute atomic E-state index is 0.0272. The molecule has 25 heavy (non-hydrogen) atoms. The zero-order valence-corrected chi connectivity index (χ0v) is 15.1. The molecule has 2 aromatic rings. The molecule has 1 saturated heterocycles. The number of thioether (sulfide) groups is 2. The highest BCUT2D eigenvalue weighted by Crippen LogP contribution is 2.44. The van der Waals surface area contributed by atoms with E-state index in [4.69, 9.17) is 0 Å². The lowest BCUT2D eigenvalue weighted by molar-refractivity contribution is -0.384. The zero-order valence-electron chi connectivity index (χ0n) is 13.5. The Hall–Kier alpha value is -1.99. The molecule has 2 aromatic carbocycles. The van der Waals surface area contributed by atoms with Crippen LogP contribution in [0.1, 0.15) is 22.1 Å². The quantitative estimate of drug-likeness (QED) is 0.609. The summed E-state index contributed by atoms with van der Waals surface area (Å²) in [4.78, 5) is 22.4. The first-order valence-electron chi connectivity index (χ1n) is 7.98. The largest absolute Gasteiger partial charge is 0.326 e. The summed E-state index contributed by atoms with van der Waals surface area (Å²) in [6, 6.07) is 14.0. The van der Waals surface area contributed by atoms with Crippen LogP contribution in [0.2, 0.25) is 0 Å². The monoisotopic (exact) mass is 374 g/mol. The van der Waals surface area contributed by atoms with Gasteiger partial charge in [-0.3, -0.25) is 14.9 Å². The SMILES string of the molecule is O=C(Cc1ccc([N+](=O)[O-])cc1)Nc1cccc(C2SCCCS2)c1. The van der Waals surface area contributed by atoms with Gasteiger partial charge in [0.15, 0.2) is 0 Å². The van der Waals surface area contributed by atoms with Crippen molar-refractivity contribution in [2.75, 3.05) is 16.8 Å². The van der Waals surface area contributed by atoms with Crippen LogP contribution in [0.3, 0.4) is 0 Å². The molecular weight excluding hydrogens is 356 g/mol. The number of nitro groups is 1. The molecule has 130 valence electrons. The number of carbonyl (C=O) groups is 1. The van der Waals surface area contributed by atoms with Crippen molar-refractivity contribution in [1.29, 1.82) is 0 Å². The molecule has 0 aliphatic carbocycles. The van der Waals surface area contributed by atoms with E-state index in [1.165, 1.54) is 35.6 Å². The molecule has 0 saturated carbocycles. The minimum Gasteiger partial charge on any atom is -0.326 e. The number of nitrogens with zero attached hydrogens (tertiary/aromatic N) is 1.